The van der Waals surface area contributed by atoms with Crippen LogP contribution in [0, 0.1) is 0 Å². The Morgan fingerprint density at radius 1 is 0.488 bits per heavy atom. The molecular weight excluding hydrogens is 506 g/mol. The van der Waals surface area contributed by atoms with E-state index in [0.29, 0.717) is 6.61 Å². The molecule has 0 aliphatic rings. The van der Waals surface area contributed by atoms with Gasteiger partial charge in [0.25, 0.3) is 0 Å². The first-order valence-electron chi connectivity index (χ1n) is 16.7. The van der Waals surface area contributed by atoms with Crippen LogP contribution < -0.4 is 9.47 Å². The molecule has 0 aliphatic heterocycles. The largest absolute Gasteiger partial charge is 0.494 e. The standard InChI is InChI=1S/C36H60N3O2/c1-5-7-8-9-10-11-12-13-14-15-16-17-18-19-20-21-30-39(3,4)31-32-41-36-28-24-34(25-29-36)38-37-33-22-26-35(27-23-33)40-6-2/h22-29H,5-21,30-32H2,1-4H3/q+1. The summed E-state index contributed by atoms with van der Waals surface area (Å²) in [6.07, 6.45) is 22.7. The summed E-state index contributed by atoms with van der Waals surface area (Å²) in [7, 11) is 4.64. The monoisotopic (exact) mass is 566 g/mol. The van der Waals surface area contributed by atoms with Gasteiger partial charge in [-0.15, -0.1) is 0 Å². The summed E-state index contributed by atoms with van der Waals surface area (Å²) in [6.45, 7) is 7.88. The predicted octanol–water partition coefficient (Wildman–Crippen LogP) is 11.2. The second kappa shape index (κ2) is 22.2. The summed E-state index contributed by atoms with van der Waals surface area (Å²) in [5.41, 5.74) is 1.61. The molecule has 41 heavy (non-hydrogen) atoms. The Kier molecular flexibility index (Phi) is 18.9. The van der Waals surface area contributed by atoms with Gasteiger partial charge in [-0.2, -0.15) is 10.2 Å². The van der Waals surface area contributed by atoms with Gasteiger partial charge in [-0.25, -0.2) is 0 Å². The van der Waals surface area contributed by atoms with E-state index in [-0.39, 0.29) is 0 Å². The highest BCUT2D eigenvalue weighted by Crippen LogP contribution is 2.23. The first-order chi connectivity index (χ1) is 20.0. The zero-order valence-electron chi connectivity index (χ0n) is 26.9. The molecule has 0 fully saturated rings. The summed E-state index contributed by atoms with van der Waals surface area (Å²) in [5, 5.41) is 8.64. The zero-order chi connectivity index (χ0) is 29.4. The van der Waals surface area contributed by atoms with E-state index in [2.05, 4.69) is 31.2 Å². The van der Waals surface area contributed by atoms with Crippen LogP contribution in [0.1, 0.15) is 117 Å². The molecule has 0 radical (unpaired) electrons. The lowest BCUT2D eigenvalue weighted by molar-refractivity contribution is -0.890. The Morgan fingerprint density at radius 2 is 0.878 bits per heavy atom. The lowest BCUT2D eigenvalue weighted by atomic mass is 10.0. The van der Waals surface area contributed by atoms with Crippen LogP contribution in [0.15, 0.2) is 58.8 Å². The average Bonchev–Trinajstić information content (AvgIpc) is 2.97. The zero-order valence-corrected chi connectivity index (χ0v) is 26.9. The van der Waals surface area contributed by atoms with Gasteiger partial charge < -0.3 is 14.0 Å². The molecule has 230 valence electrons. The molecule has 2 rings (SSSR count). The Balaban J connectivity index is 1.46. The van der Waals surface area contributed by atoms with Crippen molar-refractivity contribution in [1.82, 2.24) is 0 Å². The minimum absolute atomic E-state index is 0.658. The molecule has 0 atom stereocenters. The summed E-state index contributed by atoms with van der Waals surface area (Å²) in [5.74, 6) is 1.73. The number of unbranched alkanes of at least 4 members (excludes halogenated alkanes) is 15. The molecule has 0 aliphatic carbocycles. The minimum atomic E-state index is 0.658. The van der Waals surface area contributed by atoms with Gasteiger partial charge in [-0.3, -0.25) is 0 Å². The van der Waals surface area contributed by atoms with Crippen molar-refractivity contribution in [2.75, 3.05) is 40.4 Å². The highest BCUT2D eigenvalue weighted by molar-refractivity contribution is 5.44. The molecule has 2 aromatic carbocycles. The van der Waals surface area contributed by atoms with Gasteiger partial charge in [0.05, 0.1) is 38.6 Å². The summed E-state index contributed by atoms with van der Waals surface area (Å²) in [4.78, 5) is 0. The number of hydrogen-bond acceptors (Lipinski definition) is 4. The van der Waals surface area contributed by atoms with Crippen molar-refractivity contribution >= 4 is 11.4 Å². The van der Waals surface area contributed by atoms with E-state index in [1.165, 1.54) is 109 Å². The fraction of sp³-hybridized carbons (Fsp3) is 0.667. The maximum atomic E-state index is 6.03. The van der Waals surface area contributed by atoms with Crippen LogP contribution in [0.3, 0.4) is 0 Å². The second-order valence-corrected chi connectivity index (χ2v) is 12.2. The number of hydrogen-bond donors (Lipinski definition) is 0. The molecule has 0 amide bonds. The number of ether oxygens (including phenoxy) is 2. The Bertz CT molecular complexity index is 909. The van der Waals surface area contributed by atoms with Crippen LogP contribution in [0.25, 0.3) is 0 Å². The molecule has 0 N–H and O–H groups in total. The van der Waals surface area contributed by atoms with Crippen LogP contribution in [0.5, 0.6) is 11.5 Å². The maximum Gasteiger partial charge on any atom is 0.137 e. The minimum Gasteiger partial charge on any atom is -0.494 e. The Morgan fingerprint density at radius 3 is 1.29 bits per heavy atom. The first-order valence-corrected chi connectivity index (χ1v) is 16.7. The topological polar surface area (TPSA) is 43.2 Å². The van der Waals surface area contributed by atoms with Crippen LogP contribution in [-0.2, 0) is 0 Å². The van der Waals surface area contributed by atoms with Crippen molar-refractivity contribution in [1.29, 1.82) is 0 Å². The third-order valence-electron chi connectivity index (χ3n) is 7.85. The van der Waals surface area contributed by atoms with Gasteiger partial charge in [0.15, 0.2) is 0 Å². The fourth-order valence-corrected chi connectivity index (χ4v) is 5.11. The molecule has 2 aromatic rings. The number of benzene rings is 2. The third kappa shape index (κ3) is 17.9. The van der Waals surface area contributed by atoms with Crippen molar-refractivity contribution in [2.45, 2.75) is 117 Å². The quantitative estimate of drug-likeness (QED) is 0.0681. The lowest BCUT2D eigenvalue weighted by Gasteiger charge is -2.29. The van der Waals surface area contributed by atoms with E-state index in [4.69, 9.17) is 9.47 Å². The van der Waals surface area contributed by atoms with Crippen molar-refractivity contribution in [3.63, 3.8) is 0 Å². The van der Waals surface area contributed by atoms with E-state index in [1.807, 2.05) is 55.5 Å². The van der Waals surface area contributed by atoms with E-state index < -0.39 is 0 Å². The number of quaternary nitrogens is 1. The molecule has 0 spiro atoms. The van der Waals surface area contributed by atoms with Crippen LogP contribution in [-0.4, -0.2) is 44.9 Å². The Hall–Kier alpha value is -2.40. The highest BCUT2D eigenvalue weighted by Gasteiger charge is 2.14. The lowest BCUT2D eigenvalue weighted by Crippen LogP contribution is -2.43. The molecular formula is C36H60N3O2+. The summed E-state index contributed by atoms with van der Waals surface area (Å²) in [6, 6.07) is 15.5. The summed E-state index contributed by atoms with van der Waals surface area (Å²) >= 11 is 0. The van der Waals surface area contributed by atoms with Gasteiger partial charge in [0, 0.05) is 0 Å². The molecule has 5 heteroatoms. The van der Waals surface area contributed by atoms with Gasteiger partial charge in [0.1, 0.15) is 24.7 Å². The number of likely N-dealkylation sites (N-methyl/N-ethyl adjacent to an activating group) is 1. The van der Waals surface area contributed by atoms with Crippen molar-refractivity contribution in [3.8, 4) is 11.5 Å². The normalized spacial score (nSPS) is 11.8. The molecule has 0 bridgehead atoms. The van der Waals surface area contributed by atoms with Crippen LogP contribution in [0.2, 0.25) is 0 Å². The molecule has 0 aromatic heterocycles. The molecule has 0 unspecified atom stereocenters. The predicted molar refractivity (Wildman–Crippen MR) is 175 cm³/mol. The first kappa shape index (κ1) is 34.8. The number of nitrogens with zero attached hydrogens (tertiary/aromatic N) is 3. The SMILES string of the molecule is CCCCCCCCCCCCCCCCCC[N+](C)(C)CCOc1ccc(N=Nc2ccc(OCC)cc2)cc1. The van der Waals surface area contributed by atoms with E-state index >= 15 is 0 Å². The van der Waals surface area contributed by atoms with Gasteiger partial charge in [0.2, 0.25) is 0 Å². The maximum absolute atomic E-state index is 6.03. The summed E-state index contributed by atoms with van der Waals surface area (Å²) < 4.78 is 12.5. The third-order valence-corrected chi connectivity index (χ3v) is 7.85. The van der Waals surface area contributed by atoms with Gasteiger partial charge >= 0.3 is 0 Å². The molecule has 0 heterocycles. The fourth-order valence-electron chi connectivity index (χ4n) is 5.11. The number of rotatable bonds is 25. The van der Waals surface area contributed by atoms with Gasteiger partial charge in [-0.05, 0) is 68.3 Å². The molecule has 0 saturated carbocycles. The van der Waals surface area contributed by atoms with Crippen molar-refractivity contribution in [3.05, 3.63) is 48.5 Å². The molecule has 5 nitrogen and oxygen atoms in total. The number of azo groups is 1. The van der Waals surface area contributed by atoms with E-state index in [9.17, 15) is 0 Å². The van der Waals surface area contributed by atoms with Crippen LogP contribution in [0.4, 0.5) is 11.4 Å². The van der Waals surface area contributed by atoms with Crippen molar-refractivity contribution < 1.29 is 14.0 Å². The van der Waals surface area contributed by atoms with Crippen LogP contribution >= 0.6 is 0 Å². The van der Waals surface area contributed by atoms with E-state index in [0.717, 1.165) is 40.5 Å². The van der Waals surface area contributed by atoms with Gasteiger partial charge in [-0.1, -0.05) is 96.8 Å². The second-order valence-electron chi connectivity index (χ2n) is 12.2. The smallest absolute Gasteiger partial charge is 0.137 e. The highest BCUT2D eigenvalue weighted by atomic mass is 16.5. The van der Waals surface area contributed by atoms with Crippen molar-refractivity contribution in [2.24, 2.45) is 10.2 Å². The molecule has 0 saturated heterocycles. The Labute approximate surface area is 252 Å². The van der Waals surface area contributed by atoms with E-state index in [1.54, 1.807) is 0 Å². The average molecular weight is 567 g/mol.